The number of hydrogen-bond donors (Lipinski definition) is 2. The van der Waals surface area contributed by atoms with Crippen molar-refractivity contribution >= 4 is 0 Å². The number of aromatic hydroxyl groups is 1. The average molecular weight is 347 g/mol. The van der Waals surface area contributed by atoms with Crippen LogP contribution in [0.15, 0.2) is 18.2 Å². The van der Waals surface area contributed by atoms with E-state index in [-0.39, 0.29) is 17.4 Å². The lowest BCUT2D eigenvalue weighted by atomic mass is 9.72. The normalized spacial score (nSPS) is 24.4. The molecule has 2 rings (SSSR count). The Morgan fingerprint density at radius 1 is 1.08 bits per heavy atom. The lowest BCUT2D eigenvalue weighted by molar-refractivity contribution is 0.0918. The molecule has 1 aromatic carbocycles. The molecule has 2 N–H and O–H groups in total. The molecule has 2 nitrogen and oxygen atoms in total. The van der Waals surface area contributed by atoms with Gasteiger partial charge in [-0.3, -0.25) is 0 Å². The minimum Gasteiger partial charge on any atom is -0.508 e. The zero-order valence-corrected chi connectivity index (χ0v) is 16.7. The van der Waals surface area contributed by atoms with Crippen molar-refractivity contribution in [1.29, 1.82) is 0 Å². The highest BCUT2D eigenvalue weighted by Crippen LogP contribution is 2.44. The highest BCUT2D eigenvalue weighted by atomic mass is 16.3. The summed E-state index contributed by atoms with van der Waals surface area (Å²) in [7, 11) is 0. The predicted molar refractivity (Wildman–Crippen MR) is 106 cm³/mol. The van der Waals surface area contributed by atoms with E-state index in [1.807, 2.05) is 6.07 Å². The van der Waals surface area contributed by atoms with Crippen LogP contribution in [0.5, 0.6) is 5.75 Å². The van der Waals surface area contributed by atoms with Crippen molar-refractivity contribution in [3.63, 3.8) is 0 Å². The van der Waals surface area contributed by atoms with Gasteiger partial charge in [0.1, 0.15) is 5.75 Å². The molecule has 1 fully saturated rings. The molecule has 1 aromatic rings. The number of aliphatic hydroxyl groups is 1. The van der Waals surface area contributed by atoms with E-state index in [1.165, 1.54) is 31.2 Å². The minimum absolute atomic E-state index is 0.0972. The molecule has 1 aliphatic rings. The second kappa shape index (κ2) is 9.07. The van der Waals surface area contributed by atoms with E-state index < -0.39 is 0 Å². The second-order valence-corrected chi connectivity index (χ2v) is 8.71. The van der Waals surface area contributed by atoms with Gasteiger partial charge in [-0.1, -0.05) is 71.9 Å². The third-order valence-corrected chi connectivity index (χ3v) is 6.36. The lowest BCUT2D eigenvalue weighted by Crippen LogP contribution is -2.26. The molecule has 0 radical (unpaired) electrons. The molecule has 0 aromatic heterocycles. The first-order valence-corrected chi connectivity index (χ1v) is 10.4. The van der Waals surface area contributed by atoms with Crippen molar-refractivity contribution in [2.24, 2.45) is 5.92 Å². The molecule has 25 heavy (non-hydrogen) atoms. The van der Waals surface area contributed by atoms with E-state index in [9.17, 15) is 10.2 Å². The van der Waals surface area contributed by atoms with Gasteiger partial charge in [0.2, 0.25) is 0 Å². The second-order valence-electron chi connectivity index (χ2n) is 8.71. The maximum atomic E-state index is 10.7. The van der Waals surface area contributed by atoms with Crippen LogP contribution in [-0.4, -0.2) is 16.3 Å². The number of unbranched alkanes of at least 4 members (excludes halogenated alkanes) is 3. The fraction of sp³-hybridized carbons (Fsp3) is 0.739. The van der Waals surface area contributed by atoms with Gasteiger partial charge in [-0.05, 0) is 60.1 Å². The van der Waals surface area contributed by atoms with Gasteiger partial charge in [0, 0.05) is 0 Å². The number of phenols is 1. The highest BCUT2D eigenvalue weighted by Gasteiger charge is 2.32. The summed E-state index contributed by atoms with van der Waals surface area (Å²) in [6, 6.07) is 6.33. The third kappa shape index (κ3) is 5.23. The van der Waals surface area contributed by atoms with Crippen molar-refractivity contribution in [2.45, 2.75) is 103 Å². The molecule has 0 unspecified atom stereocenters. The van der Waals surface area contributed by atoms with Crippen LogP contribution in [0.1, 0.15) is 103 Å². The van der Waals surface area contributed by atoms with E-state index in [2.05, 4.69) is 39.8 Å². The summed E-state index contributed by atoms with van der Waals surface area (Å²) in [6.07, 6.45) is 9.91. The fourth-order valence-corrected chi connectivity index (χ4v) is 4.50. The molecule has 1 saturated carbocycles. The van der Waals surface area contributed by atoms with Crippen LogP contribution in [0.25, 0.3) is 0 Å². The van der Waals surface area contributed by atoms with Gasteiger partial charge in [-0.15, -0.1) is 0 Å². The largest absolute Gasteiger partial charge is 0.508 e. The first-order chi connectivity index (χ1) is 11.9. The highest BCUT2D eigenvalue weighted by molar-refractivity contribution is 5.42. The zero-order chi connectivity index (χ0) is 18.4. The molecular weight excluding hydrogens is 308 g/mol. The van der Waals surface area contributed by atoms with E-state index in [4.69, 9.17) is 0 Å². The Morgan fingerprint density at radius 2 is 1.84 bits per heavy atom. The number of phenolic OH excluding ortho intramolecular Hbond substituents is 1. The molecule has 3 atom stereocenters. The van der Waals surface area contributed by atoms with Crippen molar-refractivity contribution in [3.05, 3.63) is 29.3 Å². The zero-order valence-electron chi connectivity index (χ0n) is 16.7. The Bertz CT molecular complexity index is 535. The number of rotatable bonds is 8. The number of aliphatic hydroxyl groups excluding tert-OH is 1. The Kier molecular flexibility index (Phi) is 7.37. The fourth-order valence-electron chi connectivity index (χ4n) is 4.50. The Labute approximate surface area is 154 Å². The van der Waals surface area contributed by atoms with Gasteiger partial charge in [-0.2, -0.15) is 0 Å². The summed E-state index contributed by atoms with van der Waals surface area (Å²) in [5, 5.41) is 20.8. The van der Waals surface area contributed by atoms with E-state index in [1.54, 1.807) is 0 Å². The van der Waals surface area contributed by atoms with E-state index in [0.717, 1.165) is 37.7 Å². The van der Waals surface area contributed by atoms with Crippen LogP contribution in [-0.2, 0) is 5.41 Å². The maximum absolute atomic E-state index is 10.7. The Hall–Kier alpha value is -1.02. The summed E-state index contributed by atoms with van der Waals surface area (Å²) in [5.41, 5.74) is 2.37. The third-order valence-electron chi connectivity index (χ3n) is 6.36. The first-order valence-electron chi connectivity index (χ1n) is 10.4. The molecule has 0 saturated heterocycles. The van der Waals surface area contributed by atoms with Crippen LogP contribution in [0.3, 0.4) is 0 Å². The molecule has 0 heterocycles. The maximum Gasteiger partial charge on any atom is 0.119 e. The summed E-state index contributed by atoms with van der Waals surface area (Å²) >= 11 is 0. The minimum atomic E-state index is -0.220. The van der Waals surface area contributed by atoms with Crippen LogP contribution in [0.4, 0.5) is 0 Å². The van der Waals surface area contributed by atoms with Crippen LogP contribution >= 0.6 is 0 Å². The molecule has 0 bridgehead atoms. The Morgan fingerprint density at radius 3 is 2.48 bits per heavy atom. The SMILES string of the molecule is CCCCCCC(C)(C)c1ccc([C@@H]2C[C@H](O)CC[C@H]2CC)c(O)c1. The van der Waals surface area contributed by atoms with Gasteiger partial charge in [-0.25, -0.2) is 0 Å². The predicted octanol–water partition coefficient (Wildman–Crippen LogP) is 6.29. The van der Waals surface area contributed by atoms with Crippen molar-refractivity contribution < 1.29 is 10.2 Å². The molecule has 0 spiro atoms. The van der Waals surface area contributed by atoms with Crippen molar-refractivity contribution in [2.75, 3.05) is 0 Å². The molecule has 2 heteroatoms. The molecule has 0 amide bonds. The first kappa shape index (κ1) is 20.3. The Balaban J connectivity index is 2.13. The summed E-state index contributed by atoms with van der Waals surface area (Å²) in [6.45, 7) is 9.03. The number of hydrogen-bond acceptors (Lipinski definition) is 2. The van der Waals surface area contributed by atoms with Gasteiger partial charge >= 0.3 is 0 Å². The average Bonchev–Trinajstić information content (AvgIpc) is 2.58. The molecular formula is C23H38O2. The van der Waals surface area contributed by atoms with Gasteiger partial charge in [0.25, 0.3) is 0 Å². The standard InChI is InChI=1S/C23H38O2/c1-5-7-8-9-14-23(3,4)18-11-13-20(22(25)15-18)21-16-19(24)12-10-17(21)6-2/h11,13,15,17,19,21,24-25H,5-10,12,14,16H2,1-4H3/t17-,19-,21-/m1/s1. The summed E-state index contributed by atoms with van der Waals surface area (Å²) in [4.78, 5) is 0. The van der Waals surface area contributed by atoms with E-state index >= 15 is 0 Å². The molecule has 0 aliphatic heterocycles. The van der Waals surface area contributed by atoms with Crippen molar-refractivity contribution in [3.8, 4) is 5.75 Å². The molecule has 1 aliphatic carbocycles. The van der Waals surface area contributed by atoms with E-state index in [0.29, 0.717) is 11.7 Å². The molecule has 142 valence electrons. The van der Waals surface area contributed by atoms with Gasteiger partial charge in [0.15, 0.2) is 0 Å². The van der Waals surface area contributed by atoms with Gasteiger partial charge in [0.05, 0.1) is 6.10 Å². The smallest absolute Gasteiger partial charge is 0.119 e. The monoisotopic (exact) mass is 346 g/mol. The summed E-state index contributed by atoms with van der Waals surface area (Å²) in [5.74, 6) is 1.29. The number of benzene rings is 1. The van der Waals surface area contributed by atoms with Crippen molar-refractivity contribution in [1.82, 2.24) is 0 Å². The van der Waals surface area contributed by atoms with Gasteiger partial charge < -0.3 is 10.2 Å². The van der Waals surface area contributed by atoms with Crippen LogP contribution in [0, 0.1) is 5.92 Å². The summed E-state index contributed by atoms with van der Waals surface area (Å²) < 4.78 is 0. The van der Waals surface area contributed by atoms with Crippen LogP contribution in [0.2, 0.25) is 0 Å². The quantitative estimate of drug-likeness (QED) is 0.543. The topological polar surface area (TPSA) is 40.5 Å². The lowest BCUT2D eigenvalue weighted by Gasteiger charge is -2.35. The van der Waals surface area contributed by atoms with Crippen LogP contribution < -0.4 is 0 Å².